The number of ether oxygens (including phenoxy) is 1. The molecular formula is C23H26N6O5S. The Morgan fingerprint density at radius 1 is 1.20 bits per heavy atom. The van der Waals surface area contributed by atoms with Crippen LogP contribution >= 0.6 is 11.8 Å². The summed E-state index contributed by atoms with van der Waals surface area (Å²) in [5.41, 5.74) is 1.42. The van der Waals surface area contributed by atoms with Crippen LogP contribution in [0.4, 0.5) is 11.4 Å². The molecule has 0 bridgehead atoms. The van der Waals surface area contributed by atoms with Gasteiger partial charge in [-0.15, -0.1) is 10.2 Å². The highest BCUT2D eigenvalue weighted by Gasteiger charge is 2.21. The number of amides is 2. The summed E-state index contributed by atoms with van der Waals surface area (Å²) in [6.45, 7) is 6.20. The quantitative estimate of drug-likeness (QED) is 0.245. The van der Waals surface area contributed by atoms with Crippen molar-refractivity contribution in [3.63, 3.8) is 0 Å². The van der Waals surface area contributed by atoms with Crippen molar-refractivity contribution in [2.24, 2.45) is 0 Å². The summed E-state index contributed by atoms with van der Waals surface area (Å²) in [5.74, 6) is 0.178. The molecule has 0 spiro atoms. The SMILES string of the molecule is CCn1c(SCC(=O)Nc2ccc(OC)cc2[N+](=O)[O-])nnc1[C@@H](C)NC(=O)c1ccc(C)cc1. The van der Waals surface area contributed by atoms with Crippen molar-refractivity contribution >= 4 is 35.0 Å². The van der Waals surface area contributed by atoms with E-state index in [-0.39, 0.29) is 23.0 Å². The van der Waals surface area contributed by atoms with E-state index in [1.165, 1.54) is 25.3 Å². The number of carbonyl (C=O) groups is 2. The zero-order chi connectivity index (χ0) is 25.5. The first kappa shape index (κ1) is 25.7. The zero-order valence-electron chi connectivity index (χ0n) is 19.8. The van der Waals surface area contributed by atoms with Gasteiger partial charge in [0.25, 0.3) is 11.6 Å². The summed E-state index contributed by atoms with van der Waals surface area (Å²) in [4.78, 5) is 35.8. The van der Waals surface area contributed by atoms with Crippen LogP contribution in [0.15, 0.2) is 47.6 Å². The minimum Gasteiger partial charge on any atom is -0.496 e. The molecule has 1 aromatic heterocycles. The number of hydrogen-bond donors (Lipinski definition) is 2. The number of anilines is 1. The average Bonchev–Trinajstić information content (AvgIpc) is 3.26. The fourth-order valence-corrected chi connectivity index (χ4v) is 4.09. The van der Waals surface area contributed by atoms with Crippen molar-refractivity contribution in [1.82, 2.24) is 20.1 Å². The molecule has 0 radical (unpaired) electrons. The Kier molecular flexibility index (Phi) is 8.42. The summed E-state index contributed by atoms with van der Waals surface area (Å²) >= 11 is 1.15. The number of aryl methyl sites for hydroxylation is 1. The van der Waals surface area contributed by atoms with Gasteiger partial charge in [-0.05, 0) is 45.0 Å². The van der Waals surface area contributed by atoms with Crippen LogP contribution in [0.25, 0.3) is 0 Å². The Labute approximate surface area is 206 Å². The van der Waals surface area contributed by atoms with Gasteiger partial charge in [-0.2, -0.15) is 0 Å². The number of nitro benzene ring substituents is 1. The van der Waals surface area contributed by atoms with Crippen LogP contribution in [0.1, 0.15) is 41.6 Å². The lowest BCUT2D eigenvalue weighted by molar-refractivity contribution is -0.384. The van der Waals surface area contributed by atoms with Crippen molar-refractivity contribution in [3.05, 3.63) is 69.5 Å². The number of nitrogens with zero attached hydrogens (tertiary/aromatic N) is 4. The standard InChI is InChI=1S/C23H26N6O5S/c1-5-28-21(15(3)24-22(31)16-8-6-14(2)7-9-16)26-27-23(28)35-13-20(30)25-18-11-10-17(34-4)12-19(18)29(32)33/h6-12,15H,5,13H2,1-4H3,(H,24,31)(H,25,30)/t15-/m1/s1. The molecule has 3 aromatic rings. The topological polar surface area (TPSA) is 141 Å². The minimum atomic E-state index is -0.586. The normalized spacial score (nSPS) is 11.5. The highest BCUT2D eigenvalue weighted by atomic mass is 32.2. The molecule has 12 heteroatoms. The Hall–Kier alpha value is -3.93. The summed E-state index contributed by atoms with van der Waals surface area (Å²) in [5, 5.41) is 25.7. The molecule has 184 valence electrons. The van der Waals surface area contributed by atoms with Crippen LogP contribution in [0.3, 0.4) is 0 Å². The number of nitrogens with one attached hydrogen (secondary N) is 2. The highest BCUT2D eigenvalue weighted by molar-refractivity contribution is 7.99. The molecular weight excluding hydrogens is 472 g/mol. The largest absolute Gasteiger partial charge is 0.496 e. The number of aromatic nitrogens is 3. The predicted octanol–water partition coefficient (Wildman–Crippen LogP) is 3.75. The summed E-state index contributed by atoms with van der Waals surface area (Å²) in [6.07, 6.45) is 0. The molecule has 1 heterocycles. The van der Waals surface area contributed by atoms with Crippen LogP contribution < -0.4 is 15.4 Å². The second-order valence-corrected chi connectivity index (χ2v) is 8.57. The van der Waals surface area contributed by atoms with Gasteiger partial charge in [0, 0.05) is 12.1 Å². The first-order chi connectivity index (χ1) is 16.7. The van der Waals surface area contributed by atoms with E-state index in [4.69, 9.17) is 4.74 Å². The average molecular weight is 499 g/mol. The van der Waals surface area contributed by atoms with Gasteiger partial charge in [-0.1, -0.05) is 29.5 Å². The van der Waals surface area contributed by atoms with Gasteiger partial charge in [-0.25, -0.2) is 0 Å². The number of carbonyl (C=O) groups excluding carboxylic acids is 2. The third kappa shape index (κ3) is 6.35. The number of nitro groups is 1. The molecule has 1 atom stereocenters. The predicted molar refractivity (Wildman–Crippen MR) is 132 cm³/mol. The van der Waals surface area contributed by atoms with Crippen molar-refractivity contribution in [2.75, 3.05) is 18.2 Å². The molecule has 35 heavy (non-hydrogen) atoms. The zero-order valence-corrected chi connectivity index (χ0v) is 20.6. The van der Waals surface area contributed by atoms with E-state index in [1.54, 1.807) is 12.1 Å². The second-order valence-electron chi connectivity index (χ2n) is 7.62. The van der Waals surface area contributed by atoms with E-state index < -0.39 is 16.9 Å². The van der Waals surface area contributed by atoms with E-state index in [2.05, 4.69) is 20.8 Å². The number of benzene rings is 2. The Bertz CT molecular complexity index is 1230. The molecule has 2 aromatic carbocycles. The maximum Gasteiger partial charge on any atom is 0.296 e. The maximum absolute atomic E-state index is 12.6. The van der Waals surface area contributed by atoms with Crippen molar-refractivity contribution in [2.45, 2.75) is 38.5 Å². The lowest BCUT2D eigenvalue weighted by Gasteiger charge is -2.15. The summed E-state index contributed by atoms with van der Waals surface area (Å²) < 4.78 is 6.82. The third-order valence-corrected chi connectivity index (χ3v) is 6.09. The molecule has 2 amide bonds. The van der Waals surface area contributed by atoms with Crippen LogP contribution in [0, 0.1) is 17.0 Å². The number of methoxy groups -OCH3 is 1. The molecule has 0 aliphatic heterocycles. The molecule has 0 aliphatic carbocycles. The number of hydrogen-bond acceptors (Lipinski definition) is 8. The van der Waals surface area contributed by atoms with Crippen LogP contribution in [0.5, 0.6) is 5.75 Å². The monoisotopic (exact) mass is 498 g/mol. The van der Waals surface area contributed by atoms with Crippen LogP contribution in [-0.2, 0) is 11.3 Å². The smallest absolute Gasteiger partial charge is 0.296 e. The number of thioether (sulfide) groups is 1. The molecule has 0 saturated carbocycles. The van der Waals surface area contributed by atoms with Crippen molar-refractivity contribution in [3.8, 4) is 5.75 Å². The van der Waals surface area contributed by atoms with Gasteiger partial charge >= 0.3 is 0 Å². The molecule has 11 nitrogen and oxygen atoms in total. The molecule has 0 saturated heterocycles. The molecule has 0 aliphatic rings. The third-order valence-electron chi connectivity index (χ3n) is 5.12. The molecule has 0 fully saturated rings. The highest BCUT2D eigenvalue weighted by Crippen LogP contribution is 2.29. The lowest BCUT2D eigenvalue weighted by Crippen LogP contribution is -2.28. The van der Waals surface area contributed by atoms with Crippen molar-refractivity contribution < 1.29 is 19.2 Å². The molecule has 0 unspecified atom stereocenters. The van der Waals surface area contributed by atoms with E-state index in [0.717, 1.165) is 17.3 Å². The maximum atomic E-state index is 12.6. The van der Waals surface area contributed by atoms with Gasteiger partial charge in [0.15, 0.2) is 11.0 Å². The van der Waals surface area contributed by atoms with Gasteiger partial charge < -0.3 is 19.9 Å². The molecule has 2 N–H and O–H groups in total. The fraction of sp³-hybridized carbons (Fsp3) is 0.304. The lowest BCUT2D eigenvalue weighted by atomic mass is 10.1. The first-order valence-electron chi connectivity index (χ1n) is 10.8. The van der Waals surface area contributed by atoms with Gasteiger partial charge in [0.1, 0.15) is 11.4 Å². The van der Waals surface area contributed by atoms with Crippen LogP contribution in [0.2, 0.25) is 0 Å². The fourth-order valence-electron chi connectivity index (χ4n) is 3.29. The van der Waals surface area contributed by atoms with Gasteiger partial charge in [0.2, 0.25) is 5.91 Å². The first-order valence-corrected chi connectivity index (χ1v) is 11.8. The molecule has 3 rings (SSSR count). The Morgan fingerprint density at radius 3 is 2.54 bits per heavy atom. The van der Waals surface area contributed by atoms with Gasteiger partial charge in [-0.3, -0.25) is 19.7 Å². The minimum absolute atomic E-state index is 0.0363. The summed E-state index contributed by atoms with van der Waals surface area (Å²) in [7, 11) is 1.40. The van der Waals surface area contributed by atoms with E-state index in [0.29, 0.717) is 28.8 Å². The van der Waals surface area contributed by atoms with E-state index >= 15 is 0 Å². The number of rotatable bonds is 10. The Balaban J connectivity index is 1.65. The summed E-state index contributed by atoms with van der Waals surface area (Å²) in [6, 6.07) is 11.0. The van der Waals surface area contributed by atoms with Crippen LogP contribution in [-0.4, -0.2) is 44.4 Å². The second kappa shape index (κ2) is 11.5. The van der Waals surface area contributed by atoms with Gasteiger partial charge in [0.05, 0.1) is 29.9 Å². The van der Waals surface area contributed by atoms with E-state index in [1.807, 2.05) is 37.5 Å². The Morgan fingerprint density at radius 2 is 1.91 bits per heavy atom. The van der Waals surface area contributed by atoms with E-state index in [9.17, 15) is 19.7 Å². The van der Waals surface area contributed by atoms with Crippen molar-refractivity contribution in [1.29, 1.82) is 0 Å².